The second-order valence-corrected chi connectivity index (χ2v) is 11.0. The average Bonchev–Trinajstić information content (AvgIpc) is 3.76. The second-order valence-electron chi connectivity index (χ2n) is 10.6. The lowest BCUT2D eigenvalue weighted by atomic mass is 9.97. The van der Waals surface area contributed by atoms with E-state index in [2.05, 4.69) is 57.7 Å². The normalized spacial score (nSPS) is 18.8. The quantitative estimate of drug-likeness (QED) is 0.348. The van der Waals surface area contributed by atoms with Crippen molar-refractivity contribution in [1.29, 1.82) is 5.26 Å². The number of nitrogens with one attached hydrogen (secondary N) is 2. The number of rotatable bonds is 8. The fourth-order valence-corrected chi connectivity index (χ4v) is 5.55. The number of benzene rings is 3. The maximum atomic E-state index is 13.5. The van der Waals surface area contributed by atoms with Gasteiger partial charge >= 0.3 is 6.03 Å². The fraction of sp³-hybridized carbons (Fsp3) is 0.355. The molecule has 3 aromatic rings. The van der Waals surface area contributed by atoms with Crippen molar-refractivity contribution in [3.8, 4) is 17.2 Å². The monoisotopic (exact) mass is 545 g/mol. The number of amides is 2. The van der Waals surface area contributed by atoms with E-state index in [9.17, 15) is 14.4 Å². The van der Waals surface area contributed by atoms with Gasteiger partial charge in [-0.25, -0.2) is 9.18 Å². The van der Waals surface area contributed by atoms with Crippen molar-refractivity contribution in [2.45, 2.75) is 31.8 Å². The molecule has 1 saturated heterocycles. The van der Waals surface area contributed by atoms with Crippen molar-refractivity contribution in [1.82, 2.24) is 15.1 Å². The Balaban J connectivity index is 1.32. The van der Waals surface area contributed by atoms with Gasteiger partial charge in [0.05, 0.1) is 22.7 Å². The molecule has 0 bridgehead atoms. The van der Waals surface area contributed by atoms with Crippen LogP contribution >= 0.6 is 11.6 Å². The largest absolute Gasteiger partial charge is 0.336 e. The summed E-state index contributed by atoms with van der Waals surface area (Å²) in [6.07, 6.45) is 2.69. The first-order valence-electron chi connectivity index (χ1n) is 13.5. The van der Waals surface area contributed by atoms with Crippen molar-refractivity contribution in [3.05, 3.63) is 88.7 Å². The van der Waals surface area contributed by atoms with E-state index in [0.29, 0.717) is 23.8 Å². The van der Waals surface area contributed by atoms with Crippen LogP contribution in [0.25, 0.3) is 11.1 Å². The molecule has 5 rings (SSSR count). The zero-order chi connectivity index (χ0) is 27.4. The van der Waals surface area contributed by atoms with E-state index < -0.39 is 5.82 Å². The van der Waals surface area contributed by atoms with Crippen molar-refractivity contribution in [3.63, 3.8) is 0 Å². The number of carbonyl (C=O) groups excluding carboxylic acids is 1. The number of carbonyl (C=O) groups is 1. The summed E-state index contributed by atoms with van der Waals surface area (Å²) in [6, 6.07) is 22.2. The third-order valence-electron chi connectivity index (χ3n) is 7.63. The smallest absolute Gasteiger partial charge is 0.319 e. The molecule has 3 aromatic carbocycles. The number of hydrogen-bond acceptors (Lipinski definition) is 4. The first-order chi connectivity index (χ1) is 18.9. The molecule has 1 saturated carbocycles. The molecule has 2 aliphatic rings. The summed E-state index contributed by atoms with van der Waals surface area (Å²) in [5, 5.41) is 15.0. The fourth-order valence-electron chi connectivity index (χ4n) is 5.37. The van der Waals surface area contributed by atoms with Crippen molar-refractivity contribution in [2.75, 3.05) is 38.0 Å². The van der Waals surface area contributed by atoms with E-state index in [0.717, 1.165) is 42.2 Å². The van der Waals surface area contributed by atoms with E-state index in [1.165, 1.54) is 37.6 Å². The van der Waals surface area contributed by atoms with Gasteiger partial charge in [0.2, 0.25) is 0 Å². The molecule has 202 valence electrons. The highest BCUT2D eigenvalue weighted by molar-refractivity contribution is 6.31. The number of halogens is 2. The Morgan fingerprint density at radius 2 is 1.90 bits per heavy atom. The van der Waals surface area contributed by atoms with Crippen LogP contribution in [0.4, 0.5) is 14.9 Å². The minimum atomic E-state index is -0.527. The van der Waals surface area contributed by atoms with Gasteiger partial charge in [0.1, 0.15) is 5.82 Å². The molecule has 0 aromatic heterocycles. The number of anilines is 1. The Kier molecular flexibility index (Phi) is 8.47. The molecule has 2 fully saturated rings. The SMILES string of the molecule is C[C@H]1CN(CC2CC2)CCN1[C@H](CNC(=O)Nc1ccc(F)c(Cl)c1)c1ccc(-c2cccc(C#N)c2)cc1. The van der Waals surface area contributed by atoms with Gasteiger partial charge in [-0.05, 0) is 72.7 Å². The maximum Gasteiger partial charge on any atom is 0.319 e. The van der Waals surface area contributed by atoms with Gasteiger partial charge in [0.25, 0.3) is 0 Å². The lowest BCUT2D eigenvalue weighted by Crippen LogP contribution is -2.55. The van der Waals surface area contributed by atoms with Crippen LogP contribution in [0.2, 0.25) is 5.02 Å². The molecule has 2 atom stereocenters. The van der Waals surface area contributed by atoms with Crippen LogP contribution in [0.5, 0.6) is 0 Å². The lowest BCUT2D eigenvalue weighted by molar-refractivity contribution is 0.0468. The molecule has 1 heterocycles. The molecule has 2 N–H and O–H groups in total. The summed E-state index contributed by atoms with van der Waals surface area (Å²) in [4.78, 5) is 17.8. The van der Waals surface area contributed by atoms with E-state index in [-0.39, 0.29) is 17.1 Å². The summed E-state index contributed by atoms with van der Waals surface area (Å²) in [5.74, 6) is 0.331. The molecule has 1 aliphatic heterocycles. The van der Waals surface area contributed by atoms with Crippen LogP contribution in [0.3, 0.4) is 0 Å². The average molecular weight is 546 g/mol. The molecular formula is C31H33ClFN5O. The Labute approximate surface area is 234 Å². The van der Waals surface area contributed by atoms with Crippen LogP contribution in [0.15, 0.2) is 66.7 Å². The van der Waals surface area contributed by atoms with Crippen LogP contribution in [-0.4, -0.2) is 54.6 Å². The Morgan fingerprint density at radius 3 is 2.59 bits per heavy atom. The summed E-state index contributed by atoms with van der Waals surface area (Å²) in [7, 11) is 0. The predicted molar refractivity (Wildman–Crippen MR) is 153 cm³/mol. The molecule has 0 radical (unpaired) electrons. The minimum Gasteiger partial charge on any atom is -0.336 e. The molecule has 0 spiro atoms. The van der Waals surface area contributed by atoms with Crippen LogP contribution in [0, 0.1) is 23.1 Å². The first-order valence-corrected chi connectivity index (χ1v) is 13.9. The van der Waals surface area contributed by atoms with Crippen molar-refractivity contribution in [2.24, 2.45) is 5.92 Å². The summed E-state index contributed by atoms with van der Waals surface area (Å²) in [6.45, 7) is 6.79. The Bertz CT molecular complexity index is 1350. The third kappa shape index (κ3) is 6.96. The Morgan fingerprint density at radius 1 is 1.10 bits per heavy atom. The number of nitriles is 1. The van der Waals surface area contributed by atoms with Gasteiger partial charge in [-0.2, -0.15) is 5.26 Å². The standard InChI is InChI=1S/C31H33ClFN5O/c1-21-19-37(20-22-5-6-22)13-14-38(21)30(18-35-31(39)36-27-11-12-29(33)28(32)16-27)25-9-7-24(8-10-25)26-4-2-3-23(15-26)17-34/h2-4,7-12,15-16,21-22,30H,5-6,13-14,18-20H2,1H3,(H2,35,36,39)/t21-,30+/m0/s1. The predicted octanol–water partition coefficient (Wildman–Crippen LogP) is 6.30. The van der Waals surface area contributed by atoms with Crippen LogP contribution in [-0.2, 0) is 0 Å². The molecule has 8 heteroatoms. The molecule has 39 heavy (non-hydrogen) atoms. The highest BCUT2D eigenvalue weighted by atomic mass is 35.5. The van der Waals surface area contributed by atoms with E-state index in [1.807, 2.05) is 18.2 Å². The topological polar surface area (TPSA) is 71.4 Å². The van der Waals surface area contributed by atoms with E-state index in [4.69, 9.17) is 11.6 Å². The van der Waals surface area contributed by atoms with Gasteiger partial charge in [0.15, 0.2) is 0 Å². The molecular weight excluding hydrogens is 513 g/mol. The second kappa shape index (κ2) is 12.2. The first kappa shape index (κ1) is 27.1. The summed E-state index contributed by atoms with van der Waals surface area (Å²) < 4.78 is 13.5. The molecule has 6 nitrogen and oxygen atoms in total. The lowest BCUT2D eigenvalue weighted by Gasteiger charge is -2.44. The van der Waals surface area contributed by atoms with Gasteiger partial charge < -0.3 is 15.5 Å². The van der Waals surface area contributed by atoms with Crippen molar-refractivity contribution < 1.29 is 9.18 Å². The number of nitrogens with zero attached hydrogens (tertiary/aromatic N) is 3. The van der Waals surface area contributed by atoms with Crippen LogP contribution in [0.1, 0.15) is 36.9 Å². The number of piperazine rings is 1. The highest BCUT2D eigenvalue weighted by Gasteiger charge is 2.33. The van der Waals surface area contributed by atoms with Gasteiger partial charge in [-0.1, -0.05) is 48.0 Å². The van der Waals surface area contributed by atoms with Gasteiger partial charge in [-0.15, -0.1) is 0 Å². The van der Waals surface area contributed by atoms with Crippen LogP contribution < -0.4 is 10.6 Å². The van der Waals surface area contributed by atoms with E-state index in [1.54, 1.807) is 6.07 Å². The molecule has 2 amide bonds. The zero-order valence-corrected chi connectivity index (χ0v) is 22.8. The summed E-state index contributed by atoms with van der Waals surface area (Å²) in [5.41, 5.74) is 4.21. The molecule has 1 aliphatic carbocycles. The van der Waals surface area contributed by atoms with E-state index >= 15 is 0 Å². The zero-order valence-electron chi connectivity index (χ0n) is 22.0. The van der Waals surface area contributed by atoms with Gasteiger partial charge in [0, 0.05) is 44.5 Å². The maximum absolute atomic E-state index is 13.5. The Hall–Kier alpha value is -3.44. The third-order valence-corrected chi connectivity index (χ3v) is 7.92. The minimum absolute atomic E-state index is 0.0230. The summed E-state index contributed by atoms with van der Waals surface area (Å²) >= 11 is 5.87. The highest BCUT2D eigenvalue weighted by Crippen LogP contribution is 2.32. The van der Waals surface area contributed by atoms with Gasteiger partial charge in [-0.3, -0.25) is 4.90 Å². The number of urea groups is 1. The molecule has 0 unspecified atom stereocenters. The van der Waals surface area contributed by atoms with Crippen molar-refractivity contribution >= 4 is 23.3 Å². The number of hydrogen-bond donors (Lipinski definition) is 2.